The standard InChI is InChI=1S/C17H19N3O4S/c21-25(22,15-3-4-16-13(10-15)6-9-23-16)20-8-1-2-14(11-20)24-17-5-7-18-12-19-17/h3-5,7,10,12,14H,1-2,6,8-9,11H2. The van der Waals surface area contributed by atoms with Crippen LogP contribution in [-0.2, 0) is 16.4 Å². The van der Waals surface area contributed by atoms with Crippen molar-refractivity contribution in [1.29, 1.82) is 0 Å². The molecule has 2 aromatic rings. The lowest BCUT2D eigenvalue weighted by atomic mass is 10.1. The molecule has 8 heteroatoms. The molecule has 0 bridgehead atoms. The van der Waals surface area contributed by atoms with Gasteiger partial charge in [-0.2, -0.15) is 4.31 Å². The zero-order chi connectivity index (χ0) is 17.3. The minimum Gasteiger partial charge on any atom is -0.493 e. The van der Waals surface area contributed by atoms with Crippen molar-refractivity contribution in [3.05, 3.63) is 42.4 Å². The van der Waals surface area contributed by atoms with E-state index in [-0.39, 0.29) is 6.10 Å². The molecular formula is C17H19N3O4S. The van der Waals surface area contributed by atoms with Gasteiger partial charge in [0.1, 0.15) is 18.2 Å². The van der Waals surface area contributed by atoms with Crippen molar-refractivity contribution in [2.24, 2.45) is 0 Å². The highest BCUT2D eigenvalue weighted by Crippen LogP contribution is 2.30. The summed E-state index contributed by atoms with van der Waals surface area (Å²) in [5.74, 6) is 1.25. The second-order valence-electron chi connectivity index (χ2n) is 6.16. The van der Waals surface area contributed by atoms with Gasteiger partial charge in [-0.15, -0.1) is 0 Å². The summed E-state index contributed by atoms with van der Waals surface area (Å²) < 4.78 is 38.7. The largest absolute Gasteiger partial charge is 0.493 e. The Morgan fingerprint density at radius 3 is 3.04 bits per heavy atom. The summed E-state index contributed by atoms with van der Waals surface area (Å²) in [5, 5.41) is 0. The molecule has 25 heavy (non-hydrogen) atoms. The Bertz CT molecular complexity index is 857. The van der Waals surface area contributed by atoms with Crippen molar-refractivity contribution >= 4 is 10.0 Å². The molecule has 1 unspecified atom stereocenters. The number of sulfonamides is 1. The molecule has 1 aromatic heterocycles. The van der Waals surface area contributed by atoms with E-state index in [4.69, 9.17) is 9.47 Å². The van der Waals surface area contributed by atoms with Crippen LogP contribution in [-0.4, -0.2) is 48.5 Å². The van der Waals surface area contributed by atoms with Crippen LogP contribution in [0.1, 0.15) is 18.4 Å². The van der Waals surface area contributed by atoms with Gasteiger partial charge in [0.15, 0.2) is 0 Å². The summed E-state index contributed by atoms with van der Waals surface area (Å²) in [6.45, 7) is 1.43. The average molecular weight is 361 g/mol. The molecule has 1 saturated heterocycles. The Morgan fingerprint density at radius 2 is 2.20 bits per heavy atom. The number of hydrogen-bond acceptors (Lipinski definition) is 6. The first-order chi connectivity index (χ1) is 12.1. The van der Waals surface area contributed by atoms with Crippen molar-refractivity contribution in [2.45, 2.75) is 30.3 Å². The zero-order valence-electron chi connectivity index (χ0n) is 13.7. The molecule has 1 atom stereocenters. The number of benzene rings is 1. The van der Waals surface area contributed by atoms with Crippen LogP contribution >= 0.6 is 0 Å². The topological polar surface area (TPSA) is 81.6 Å². The molecule has 2 aliphatic rings. The molecule has 0 saturated carbocycles. The van der Waals surface area contributed by atoms with Gasteiger partial charge >= 0.3 is 0 Å². The quantitative estimate of drug-likeness (QED) is 0.823. The fourth-order valence-corrected chi connectivity index (χ4v) is 4.77. The van der Waals surface area contributed by atoms with Crippen LogP contribution in [0.2, 0.25) is 0 Å². The molecule has 1 fully saturated rings. The molecule has 0 aliphatic carbocycles. The van der Waals surface area contributed by atoms with Crippen molar-refractivity contribution in [3.63, 3.8) is 0 Å². The van der Waals surface area contributed by atoms with Crippen LogP contribution in [0.3, 0.4) is 0 Å². The van der Waals surface area contributed by atoms with Crippen molar-refractivity contribution < 1.29 is 17.9 Å². The molecule has 7 nitrogen and oxygen atoms in total. The van der Waals surface area contributed by atoms with E-state index in [1.165, 1.54) is 10.6 Å². The molecule has 2 aliphatic heterocycles. The third-order valence-corrected chi connectivity index (χ3v) is 6.34. The lowest BCUT2D eigenvalue weighted by Crippen LogP contribution is -2.44. The lowest BCUT2D eigenvalue weighted by Gasteiger charge is -2.31. The van der Waals surface area contributed by atoms with E-state index in [0.29, 0.717) is 30.5 Å². The van der Waals surface area contributed by atoms with Crippen LogP contribution < -0.4 is 9.47 Å². The first-order valence-corrected chi connectivity index (χ1v) is 9.75. The van der Waals surface area contributed by atoms with Gasteiger partial charge in [0, 0.05) is 25.2 Å². The molecular weight excluding hydrogens is 342 g/mol. The number of aromatic nitrogens is 2. The highest BCUT2D eigenvalue weighted by molar-refractivity contribution is 7.89. The lowest BCUT2D eigenvalue weighted by molar-refractivity contribution is 0.124. The van der Waals surface area contributed by atoms with Crippen LogP contribution in [0, 0.1) is 0 Å². The normalized spacial score (nSPS) is 20.7. The average Bonchev–Trinajstić information content (AvgIpc) is 3.10. The number of ether oxygens (including phenoxy) is 2. The first-order valence-electron chi connectivity index (χ1n) is 8.31. The van der Waals surface area contributed by atoms with Crippen molar-refractivity contribution in [3.8, 4) is 11.6 Å². The van der Waals surface area contributed by atoms with Gasteiger partial charge < -0.3 is 9.47 Å². The fraction of sp³-hybridized carbons (Fsp3) is 0.412. The van der Waals surface area contributed by atoms with E-state index >= 15 is 0 Å². The summed E-state index contributed by atoms with van der Waals surface area (Å²) in [4.78, 5) is 8.21. The van der Waals surface area contributed by atoms with Crippen molar-refractivity contribution in [1.82, 2.24) is 14.3 Å². The van der Waals surface area contributed by atoms with E-state index in [0.717, 1.165) is 30.6 Å². The summed E-state index contributed by atoms with van der Waals surface area (Å²) in [6, 6.07) is 6.77. The SMILES string of the molecule is O=S(=O)(c1ccc2c(c1)CCO2)N1CCCC(Oc2ccncn2)C1. The van der Waals surface area contributed by atoms with Crippen molar-refractivity contribution in [2.75, 3.05) is 19.7 Å². The van der Waals surface area contributed by atoms with Gasteiger partial charge in [0.05, 0.1) is 18.0 Å². The smallest absolute Gasteiger partial charge is 0.243 e. The highest BCUT2D eigenvalue weighted by Gasteiger charge is 2.32. The molecule has 0 N–H and O–H groups in total. The van der Waals surface area contributed by atoms with Gasteiger partial charge in [-0.1, -0.05) is 0 Å². The van der Waals surface area contributed by atoms with Crippen LogP contribution in [0.5, 0.6) is 11.6 Å². The maximum Gasteiger partial charge on any atom is 0.243 e. The predicted octanol–water partition coefficient (Wildman–Crippen LogP) is 1.64. The van der Waals surface area contributed by atoms with E-state index in [1.807, 2.05) is 0 Å². The van der Waals surface area contributed by atoms with Gasteiger partial charge in [-0.25, -0.2) is 18.4 Å². The van der Waals surface area contributed by atoms with Gasteiger partial charge in [0.25, 0.3) is 0 Å². The minimum atomic E-state index is -3.54. The maximum absolute atomic E-state index is 13.0. The van der Waals surface area contributed by atoms with Crippen LogP contribution in [0.25, 0.3) is 0 Å². The number of fused-ring (bicyclic) bond motifs is 1. The Kier molecular flexibility index (Phi) is 4.30. The Labute approximate surface area is 146 Å². The van der Waals surface area contributed by atoms with E-state index in [1.54, 1.807) is 30.5 Å². The third kappa shape index (κ3) is 3.32. The molecule has 0 amide bonds. The third-order valence-electron chi connectivity index (χ3n) is 4.48. The second kappa shape index (κ2) is 6.61. The Hall–Kier alpha value is -2.19. The Morgan fingerprint density at radius 1 is 1.28 bits per heavy atom. The van der Waals surface area contributed by atoms with Gasteiger partial charge in [-0.3, -0.25) is 0 Å². The molecule has 0 radical (unpaired) electrons. The predicted molar refractivity (Wildman–Crippen MR) is 90.1 cm³/mol. The number of nitrogens with zero attached hydrogens (tertiary/aromatic N) is 3. The van der Waals surface area contributed by atoms with Crippen LogP contribution in [0.15, 0.2) is 41.7 Å². The monoisotopic (exact) mass is 361 g/mol. The number of hydrogen-bond donors (Lipinski definition) is 0. The van der Waals surface area contributed by atoms with Crippen LogP contribution in [0.4, 0.5) is 0 Å². The molecule has 0 spiro atoms. The minimum absolute atomic E-state index is 0.212. The van der Waals surface area contributed by atoms with Gasteiger partial charge in [0.2, 0.25) is 15.9 Å². The fourth-order valence-electron chi connectivity index (χ4n) is 3.21. The summed E-state index contributed by atoms with van der Waals surface area (Å²) in [7, 11) is -3.54. The van der Waals surface area contributed by atoms with E-state index in [9.17, 15) is 8.42 Å². The number of rotatable bonds is 4. The highest BCUT2D eigenvalue weighted by atomic mass is 32.2. The molecule has 4 rings (SSSR count). The molecule has 3 heterocycles. The first kappa shape index (κ1) is 16.3. The molecule has 1 aromatic carbocycles. The summed E-state index contributed by atoms with van der Waals surface area (Å²) >= 11 is 0. The molecule has 132 valence electrons. The van der Waals surface area contributed by atoms with E-state index in [2.05, 4.69) is 9.97 Å². The second-order valence-corrected chi connectivity index (χ2v) is 8.10. The van der Waals surface area contributed by atoms with Gasteiger partial charge in [-0.05, 0) is 36.6 Å². The summed E-state index contributed by atoms with van der Waals surface area (Å²) in [5.41, 5.74) is 0.951. The van der Waals surface area contributed by atoms with E-state index < -0.39 is 10.0 Å². The summed E-state index contributed by atoms with van der Waals surface area (Å²) in [6.07, 6.45) is 5.11. The Balaban J connectivity index is 1.52. The maximum atomic E-state index is 13.0. The number of piperidine rings is 1. The zero-order valence-corrected chi connectivity index (χ0v) is 14.5.